The molecule has 0 atom stereocenters. The Bertz CT molecular complexity index is 931. The summed E-state index contributed by atoms with van der Waals surface area (Å²) in [6.07, 6.45) is 5.09. The normalized spacial score (nSPS) is 17.2. The number of benzene rings is 2. The Morgan fingerprint density at radius 3 is 1.94 bits per heavy atom. The van der Waals surface area contributed by atoms with Gasteiger partial charge in [-0.2, -0.15) is 0 Å². The van der Waals surface area contributed by atoms with Crippen molar-refractivity contribution in [2.45, 2.75) is 32.1 Å². The fourth-order valence-corrected chi connectivity index (χ4v) is 4.54. The molecule has 0 radical (unpaired) electrons. The summed E-state index contributed by atoms with van der Waals surface area (Å²) < 4.78 is 11.5. The second kappa shape index (κ2) is 10.5. The van der Waals surface area contributed by atoms with Crippen LogP contribution in [0.1, 0.15) is 52.8 Å². The van der Waals surface area contributed by atoms with Gasteiger partial charge in [0.25, 0.3) is 11.8 Å². The maximum Gasteiger partial charge on any atom is 0.257 e. The lowest BCUT2D eigenvalue weighted by Gasteiger charge is -2.32. The van der Waals surface area contributed by atoms with Crippen LogP contribution in [0, 0.1) is 5.92 Å². The van der Waals surface area contributed by atoms with Gasteiger partial charge in [-0.25, -0.2) is 0 Å². The van der Waals surface area contributed by atoms with E-state index in [9.17, 15) is 9.59 Å². The fourth-order valence-electron chi connectivity index (χ4n) is 4.54. The Labute approximate surface area is 190 Å². The Morgan fingerprint density at radius 2 is 1.31 bits per heavy atom. The largest absolute Gasteiger partial charge is 0.496 e. The number of piperidine rings is 2. The van der Waals surface area contributed by atoms with E-state index in [4.69, 9.17) is 9.47 Å². The average molecular weight is 437 g/mol. The van der Waals surface area contributed by atoms with Crippen molar-refractivity contribution in [3.63, 3.8) is 0 Å². The van der Waals surface area contributed by atoms with Gasteiger partial charge in [0.2, 0.25) is 0 Å². The van der Waals surface area contributed by atoms with E-state index in [-0.39, 0.29) is 11.8 Å². The minimum absolute atomic E-state index is 0.0132. The van der Waals surface area contributed by atoms with Gasteiger partial charge >= 0.3 is 0 Å². The SMILES string of the molecule is COc1ccccc1C(=O)N1CCC(COc2ccccc2C(=O)N2CCCCC2)CC1. The number of likely N-dealkylation sites (tertiary alicyclic amines) is 2. The van der Waals surface area contributed by atoms with Crippen molar-refractivity contribution < 1.29 is 19.1 Å². The monoisotopic (exact) mass is 436 g/mol. The summed E-state index contributed by atoms with van der Waals surface area (Å²) in [5, 5.41) is 0. The number of para-hydroxylation sites is 2. The fraction of sp³-hybridized carbons (Fsp3) is 0.462. The zero-order valence-corrected chi connectivity index (χ0v) is 18.8. The predicted molar refractivity (Wildman–Crippen MR) is 123 cm³/mol. The standard InChI is InChI=1S/C26H32N2O4/c1-31-23-11-5-3-9-21(23)25(29)28-17-13-20(14-18-28)19-32-24-12-6-4-10-22(24)26(30)27-15-7-2-8-16-27/h3-6,9-12,20H,2,7-8,13-19H2,1H3. The summed E-state index contributed by atoms with van der Waals surface area (Å²) in [7, 11) is 1.59. The molecular formula is C26H32N2O4. The van der Waals surface area contributed by atoms with Gasteiger partial charge in [-0.05, 0) is 62.3 Å². The van der Waals surface area contributed by atoms with Crippen molar-refractivity contribution in [1.29, 1.82) is 0 Å². The van der Waals surface area contributed by atoms with Crippen molar-refractivity contribution in [1.82, 2.24) is 9.80 Å². The highest BCUT2D eigenvalue weighted by molar-refractivity contribution is 5.97. The van der Waals surface area contributed by atoms with Crippen LogP contribution in [0.3, 0.4) is 0 Å². The van der Waals surface area contributed by atoms with Gasteiger partial charge in [-0.15, -0.1) is 0 Å². The molecule has 2 aliphatic rings. The molecule has 2 aromatic carbocycles. The smallest absolute Gasteiger partial charge is 0.257 e. The topological polar surface area (TPSA) is 59.1 Å². The molecule has 0 spiro atoms. The molecule has 0 N–H and O–H groups in total. The first-order valence-electron chi connectivity index (χ1n) is 11.6. The Balaban J connectivity index is 1.32. The molecule has 170 valence electrons. The molecule has 4 rings (SSSR count). The van der Waals surface area contributed by atoms with Crippen LogP contribution in [-0.4, -0.2) is 61.5 Å². The first-order chi connectivity index (χ1) is 15.7. The van der Waals surface area contributed by atoms with Crippen molar-refractivity contribution in [3.8, 4) is 11.5 Å². The van der Waals surface area contributed by atoms with Crippen LogP contribution in [0.5, 0.6) is 11.5 Å². The number of carbonyl (C=O) groups is 2. The minimum Gasteiger partial charge on any atom is -0.496 e. The lowest BCUT2D eigenvalue weighted by Crippen LogP contribution is -2.40. The summed E-state index contributed by atoms with van der Waals surface area (Å²) in [5.41, 5.74) is 1.26. The maximum absolute atomic E-state index is 13.0. The molecule has 0 aromatic heterocycles. The van der Waals surface area contributed by atoms with Gasteiger partial charge in [-0.1, -0.05) is 24.3 Å². The quantitative estimate of drug-likeness (QED) is 0.679. The second-order valence-corrected chi connectivity index (χ2v) is 8.60. The van der Waals surface area contributed by atoms with Crippen LogP contribution in [0.4, 0.5) is 0 Å². The van der Waals surface area contributed by atoms with Gasteiger partial charge in [0.1, 0.15) is 11.5 Å². The number of nitrogens with zero attached hydrogens (tertiary/aromatic N) is 2. The first kappa shape index (κ1) is 22.2. The van der Waals surface area contributed by atoms with Crippen molar-refractivity contribution in [2.24, 2.45) is 5.92 Å². The molecule has 2 aliphatic heterocycles. The van der Waals surface area contributed by atoms with E-state index in [0.717, 1.165) is 38.8 Å². The summed E-state index contributed by atoms with van der Waals surface area (Å²) >= 11 is 0. The Hall–Kier alpha value is -3.02. The zero-order chi connectivity index (χ0) is 22.3. The molecule has 2 saturated heterocycles. The van der Waals surface area contributed by atoms with E-state index in [1.54, 1.807) is 7.11 Å². The van der Waals surface area contributed by atoms with Crippen molar-refractivity contribution in [2.75, 3.05) is 39.9 Å². The highest BCUT2D eigenvalue weighted by Crippen LogP contribution is 2.26. The highest BCUT2D eigenvalue weighted by Gasteiger charge is 2.26. The molecule has 0 unspecified atom stereocenters. The number of methoxy groups -OCH3 is 1. The van der Waals surface area contributed by atoms with Crippen LogP contribution in [0.25, 0.3) is 0 Å². The van der Waals surface area contributed by atoms with Crippen molar-refractivity contribution >= 4 is 11.8 Å². The number of carbonyl (C=O) groups excluding carboxylic acids is 2. The highest BCUT2D eigenvalue weighted by atomic mass is 16.5. The average Bonchev–Trinajstić information content (AvgIpc) is 2.87. The molecule has 6 nitrogen and oxygen atoms in total. The summed E-state index contributed by atoms with van der Waals surface area (Å²) in [5.74, 6) is 1.71. The van der Waals surface area contributed by atoms with Gasteiger partial charge < -0.3 is 19.3 Å². The molecule has 0 aliphatic carbocycles. The predicted octanol–water partition coefficient (Wildman–Crippen LogP) is 4.25. The van der Waals surface area contributed by atoms with E-state index in [0.29, 0.717) is 48.2 Å². The Morgan fingerprint density at radius 1 is 0.781 bits per heavy atom. The van der Waals surface area contributed by atoms with Crippen LogP contribution >= 0.6 is 0 Å². The summed E-state index contributed by atoms with van der Waals surface area (Å²) in [6, 6.07) is 14.9. The molecule has 2 heterocycles. The molecule has 6 heteroatoms. The van der Waals surface area contributed by atoms with E-state index < -0.39 is 0 Å². The molecule has 2 amide bonds. The third-order valence-corrected chi connectivity index (χ3v) is 6.47. The third kappa shape index (κ3) is 5.06. The van der Waals surface area contributed by atoms with E-state index in [1.165, 1.54) is 6.42 Å². The second-order valence-electron chi connectivity index (χ2n) is 8.60. The minimum atomic E-state index is 0.0132. The molecule has 2 fully saturated rings. The van der Waals surface area contributed by atoms with Gasteiger partial charge in [0.15, 0.2) is 0 Å². The maximum atomic E-state index is 13.0. The number of hydrogen-bond donors (Lipinski definition) is 0. The van der Waals surface area contributed by atoms with Gasteiger partial charge in [-0.3, -0.25) is 9.59 Å². The van der Waals surface area contributed by atoms with Crippen LogP contribution in [0.2, 0.25) is 0 Å². The number of hydrogen-bond acceptors (Lipinski definition) is 4. The van der Waals surface area contributed by atoms with E-state index >= 15 is 0 Å². The first-order valence-corrected chi connectivity index (χ1v) is 11.6. The number of ether oxygens (including phenoxy) is 2. The number of rotatable bonds is 6. The molecular weight excluding hydrogens is 404 g/mol. The van der Waals surface area contributed by atoms with Crippen LogP contribution < -0.4 is 9.47 Å². The van der Waals surface area contributed by atoms with Crippen molar-refractivity contribution in [3.05, 3.63) is 59.7 Å². The van der Waals surface area contributed by atoms with Crippen LogP contribution in [-0.2, 0) is 0 Å². The lowest BCUT2D eigenvalue weighted by atomic mass is 9.97. The third-order valence-electron chi connectivity index (χ3n) is 6.47. The van der Waals surface area contributed by atoms with Gasteiger partial charge in [0.05, 0.1) is 24.8 Å². The molecule has 2 aromatic rings. The summed E-state index contributed by atoms with van der Waals surface area (Å²) in [6.45, 7) is 3.59. The molecule has 0 bridgehead atoms. The lowest BCUT2D eigenvalue weighted by molar-refractivity contribution is 0.0649. The van der Waals surface area contributed by atoms with E-state index in [2.05, 4.69) is 0 Å². The number of amides is 2. The zero-order valence-electron chi connectivity index (χ0n) is 18.8. The molecule has 32 heavy (non-hydrogen) atoms. The summed E-state index contributed by atoms with van der Waals surface area (Å²) in [4.78, 5) is 29.7. The van der Waals surface area contributed by atoms with Gasteiger partial charge in [0, 0.05) is 26.2 Å². The Kier molecular flexibility index (Phi) is 7.30. The van der Waals surface area contributed by atoms with E-state index in [1.807, 2.05) is 58.3 Å². The van der Waals surface area contributed by atoms with Crippen LogP contribution in [0.15, 0.2) is 48.5 Å². The molecule has 0 saturated carbocycles.